The number of aryl methyl sites for hydroxylation is 2. The van der Waals surface area contributed by atoms with Gasteiger partial charge >= 0.3 is 0 Å². The lowest BCUT2D eigenvalue weighted by Crippen LogP contribution is -2.14. The summed E-state index contributed by atoms with van der Waals surface area (Å²) in [6.45, 7) is 7.96. The van der Waals surface area contributed by atoms with Crippen LogP contribution in [-0.4, -0.2) is 16.1 Å². The van der Waals surface area contributed by atoms with E-state index in [0.29, 0.717) is 6.54 Å². The molecular weight excluding hydrogens is 162 g/mol. The Hall–Kier alpha value is -0.830. The predicted molar refractivity (Wildman–Crippen MR) is 54.8 cm³/mol. The molecule has 0 spiro atoms. The van der Waals surface area contributed by atoms with Gasteiger partial charge in [-0.05, 0) is 13.3 Å². The third kappa shape index (κ3) is 1.91. The van der Waals surface area contributed by atoms with Gasteiger partial charge in [0, 0.05) is 25.2 Å². The lowest BCUT2D eigenvalue weighted by atomic mass is 10.3. The summed E-state index contributed by atoms with van der Waals surface area (Å²) in [5.74, 6) is 1.17. The lowest BCUT2D eigenvalue weighted by Gasteiger charge is -2.08. The van der Waals surface area contributed by atoms with Gasteiger partial charge in [-0.3, -0.25) is 0 Å². The highest BCUT2D eigenvalue weighted by atomic mass is 15.1. The van der Waals surface area contributed by atoms with Crippen LogP contribution in [0.1, 0.15) is 31.1 Å². The van der Waals surface area contributed by atoms with E-state index in [0.717, 1.165) is 25.1 Å². The molecule has 0 saturated heterocycles. The molecular formula is C10H19N3. The third-order valence-electron chi connectivity index (χ3n) is 2.36. The van der Waals surface area contributed by atoms with Gasteiger partial charge < -0.3 is 10.3 Å². The minimum atomic E-state index is 0.690. The summed E-state index contributed by atoms with van der Waals surface area (Å²) in [5.41, 5.74) is 8.06. The number of rotatable bonds is 4. The van der Waals surface area contributed by atoms with Crippen LogP contribution in [0.2, 0.25) is 0 Å². The monoisotopic (exact) mass is 181 g/mol. The van der Waals surface area contributed by atoms with Gasteiger partial charge in [-0.1, -0.05) is 13.8 Å². The molecule has 74 valence electrons. The van der Waals surface area contributed by atoms with Crippen molar-refractivity contribution in [2.75, 3.05) is 6.54 Å². The molecule has 0 aliphatic heterocycles. The summed E-state index contributed by atoms with van der Waals surface area (Å²) in [5, 5.41) is 0. The number of nitrogens with zero attached hydrogens (tertiary/aromatic N) is 2. The van der Waals surface area contributed by atoms with Crippen molar-refractivity contribution in [3.8, 4) is 0 Å². The van der Waals surface area contributed by atoms with Crippen LogP contribution in [0.3, 0.4) is 0 Å². The van der Waals surface area contributed by atoms with Crippen LogP contribution in [0.25, 0.3) is 0 Å². The predicted octanol–water partition coefficient (Wildman–Crippen LogP) is 1.28. The Labute approximate surface area is 80.0 Å². The van der Waals surface area contributed by atoms with E-state index in [4.69, 9.17) is 5.73 Å². The highest BCUT2D eigenvalue weighted by molar-refractivity contribution is 5.16. The van der Waals surface area contributed by atoms with Gasteiger partial charge in [-0.25, -0.2) is 4.98 Å². The largest absolute Gasteiger partial charge is 0.331 e. The molecule has 1 aromatic heterocycles. The number of nitrogens with two attached hydrogens (primary N) is 1. The topological polar surface area (TPSA) is 43.8 Å². The lowest BCUT2D eigenvalue weighted by molar-refractivity contribution is 0.639. The number of aromatic nitrogens is 2. The zero-order chi connectivity index (χ0) is 9.84. The molecule has 1 heterocycles. The summed E-state index contributed by atoms with van der Waals surface area (Å²) in [7, 11) is 0. The van der Waals surface area contributed by atoms with Crippen molar-refractivity contribution in [2.24, 2.45) is 5.73 Å². The standard InChI is InChI=1S/C10H19N3/c1-4-9-8(3)12-10(5-2)13(9)7-6-11/h4-7,11H2,1-3H3. The van der Waals surface area contributed by atoms with Crippen molar-refractivity contribution in [2.45, 2.75) is 40.2 Å². The third-order valence-corrected chi connectivity index (χ3v) is 2.36. The quantitative estimate of drug-likeness (QED) is 0.760. The first-order valence-corrected chi connectivity index (χ1v) is 4.99. The zero-order valence-electron chi connectivity index (χ0n) is 8.80. The molecule has 0 amide bonds. The van der Waals surface area contributed by atoms with Crippen molar-refractivity contribution in [3.05, 3.63) is 17.2 Å². The number of hydrogen-bond acceptors (Lipinski definition) is 2. The first kappa shape index (κ1) is 10.3. The molecule has 1 aromatic rings. The van der Waals surface area contributed by atoms with Gasteiger partial charge in [-0.15, -0.1) is 0 Å². The van der Waals surface area contributed by atoms with Crippen molar-refractivity contribution in [3.63, 3.8) is 0 Å². The molecule has 13 heavy (non-hydrogen) atoms. The maximum absolute atomic E-state index is 5.57. The summed E-state index contributed by atoms with van der Waals surface area (Å²) in [4.78, 5) is 4.53. The Bertz CT molecular complexity index is 276. The highest BCUT2D eigenvalue weighted by Gasteiger charge is 2.09. The average molecular weight is 181 g/mol. The van der Waals surface area contributed by atoms with E-state index in [1.165, 1.54) is 11.5 Å². The maximum Gasteiger partial charge on any atom is 0.108 e. The first-order chi connectivity index (χ1) is 6.24. The summed E-state index contributed by atoms with van der Waals surface area (Å²) in [6.07, 6.45) is 2.03. The zero-order valence-corrected chi connectivity index (χ0v) is 8.80. The van der Waals surface area contributed by atoms with Crippen LogP contribution in [0, 0.1) is 6.92 Å². The molecule has 0 saturated carbocycles. The number of hydrogen-bond donors (Lipinski definition) is 1. The fourth-order valence-corrected chi connectivity index (χ4v) is 1.78. The summed E-state index contributed by atoms with van der Waals surface area (Å²) >= 11 is 0. The molecule has 2 N–H and O–H groups in total. The van der Waals surface area contributed by atoms with E-state index in [1.807, 2.05) is 0 Å². The molecule has 3 nitrogen and oxygen atoms in total. The smallest absolute Gasteiger partial charge is 0.108 e. The second-order valence-electron chi connectivity index (χ2n) is 3.21. The van der Waals surface area contributed by atoms with E-state index >= 15 is 0 Å². The Morgan fingerprint density at radius 1 is 1.31 bits per heavy atom. The fraction of sp³-hybridized carbons (Fsp3) is 0.700. The van der Waals surface area contributed by atoms with Crippen LogP contribution in [0.5, 0.6) is 0 Å². The Morgan fingerprint density at radius 3 is 2.46 bits per heavy atom. The van der Waals surface area contributed by atoms with E-state index in [1.54, 1.807) is 0 Å². The van der Waals surface area contributed by atoms with Gasteiger partial charge in [0.1, 0.15) is 5.82 Å². The fourth-order valence-electron chi connectivity index (χ4n) is 1.78. The first-order valence-electron chi connectivity index (χ1n) is 4.99. The van der Waals surface area contributed by atoms with Gasteiger partial charge in [0.25, 0.3) is 0 Å². The van der Waals surface area contributed by atoms with Crippen LogP contribution in [0.4, 0.5) is 0 Å². The molecule has 0 aliphatic carbocycles. The van der Waals surface area contributed by atoms with Crippen LogP contribution in [-0.2, 0) is 19.4 Å². The highest BCUT2D eigenvalue weighted by Crippen LogP contribution is 2.12. The molecule has 0 aliphatic rings. The molecule has 0 aromatic carbocycles. The molecule has 0 fully saturated rings. The van der Waals surface area contributed by atoms with Crippen molar-refractivity contribution in [1.82, 2.24) is 9.55 Å². The Morgan fingerprint density at radius 2 is 2.00 bits per heavy atom. The van der Waals surface area contributed by atoms with Crippen molar-refractivity contribution < 1.29 is 0 Å². The Balaban J connectivity index is 3.08. The van der Waals surface area contributed by atoms with Gasteiger partial charge in [0.05, 0.1) is 5.69 Å². The van der Waals surface area contributed by atoms with E-state index in [9.17, 15) is 0 Å². The minimum Gasteiger partial charge on any atom is -0.331 e. The van der Waals surface area contributed by atoms with E-state index in [2.05, 4.69) is 30.3 Å². The molecule has 0 bridgehead atoms. The summed E-state index contributed by atoms with van der Waals surface area (Å²) < 4.78 is 2.26. The van der Waals surface area contributed by atoms with Gasteiger partial charge in [-0.2, -0.15) is 0 Å². The van der Waals surface area contributed by atoms with Crippen molar-refractivity contribution in [1.29, 1.82) is 0 Å². The molecule has 0 atom stereocenters. The van der Waals surface area contributed by atoms with Crippen molar-refractivity contribution >= 4 is 0 Å². The number of imidazole rings is 1. The molecule has 3 heteroatoms. The normalized spacial score (nSPS) is 10.8. The second kappa shape index (κ2) is 4.42. The summed E-state index contributed by atoms with van der Waals surface area (Å²) in [6, 6.07) is 0. The molecule has 1 rings (SSSR count). The maximum atomic E-state index is 5.57. The minimum absolute atomic E-state index is 0.690. The van der Waals surface area contributed by atoms with Gasteiger partial charge in [0.2, 0.25) is 0 Å². The van der Waals surface area contributed by atoms with Crippen LogP contribution < -0.4 is 5.73 Å². The van der Waals surface area contributed by atoms with Crippen LogP contribution >= 0.6 is 0 Å². The molecule has 0 radical (unpaired) electrons. The SMILES string of the molecule is CCc1nc(C)c(CC)n1CCN. The van der Waals surface area contributed by atoms with E-state index in [-0.39, 0.29) is 0 Å². The van der Waals surface area contributed by atoms with E-state index < -0.39 is 0 Å². The Kier molecular flexibility index (Phi) is 3.48. The van der Waals surface area contributed by atoms with Crippen LogP contribution in [0.15, 0.2) is 0 Å². The molecule has 0 unspecified atom stereocenters. The van der Waals surface area contributed by atoms with Gasteiger partial charge in [0.15, 0.2) is 0 Å². The average Bonchev–Trinajstić information content (AvgIpc) is 2.43. The second-order valence-corrected chi connectivity index (χ2v) is 3.21.